The number of aromatic nitrogens is 3. The zero-order valence-electron chi connectivity index (χ0n) is 34.6. The molecule has 10 nitrogen and oxygen atoms in total. The molecule has 0 unspecified atom stereocenters. The molecule has 0 fully saturated rings. The molecule has 61 heavy (non-hydrogen) atoms. The number of amides is 2. The molecule has 3 aromatic heterocycles. The van der Waals surface area contributed by atoms with Gasteiger partial charge in [0.2, 0.25) is 11.8 Å². The average molecular weight is 823 g/mol. The van der Waals surface area contributed by atoms with Crippen molar-refractivity contribution in [2.45, 2.75) is 65.2 Å². The van der Waals surface area contributed by atoms with Gasteiger partial charge < -0.3 is 24.2 Å². The fourth-order valence-corrected chi connectivity index (χ4v) is 8.16. The summed E-state index contributed by atoms with van der Waals surface area (Å²) in [5.41, 5.74) is 8.77. The second kappa shape index (κ2) is 18.3. The molecule has 312 valence electrons. The van der Waals surface area contributed by atoms with E-state index in [0.717, 1.165) is 51.2 Å². The number of likely N-dealkylation sites (N-methyl/N-ethyl adjacent to an activating group) is 1. The van der Waals surface area contributed by atoms with Crippen LogP contribution in [0, 0.1) is 25.5 Å². The van der Waals surface area contributed by atoms with Crippen LogP contribution in [0.5, 0.6) is 11.8 Å². The number of carbonyl (C=O) groups is 2. The third kappa shape index (κ3) is 9.54. The molecular formula is C49H48F2N6O4. The topological polar surface area (TPSA) is 101 Å². The van der Waals surface area contributed by atoms with Crippen LogP contribution in [-0.2, 0) is 32.4 Å². The summed E-state index contributed by atoms with van der Waals surface area (Å²) in [5, 5.41) is 0. The van der Waals surface area contributed by atoms with Gasteiger partial charge in [0.05, 0.1) is 12.1 Å². The van der Waals surface area contributed by atoms with Crippen molar-refractivity contribution in [1.29, 1.82) is 0 Å². The number of nitrogens with zero attached hydrogens (tertiary/aromatic N) is 6. The van der Waals surface area contributed by atoms with Crippen molar-refractivity contribution in [3.05, 3.63) is 177 Å². The van der Waals surface area contributed by atoms with E-state index in [1.807, 2.05) is 61.2 Å². The predicted octanol–water partition coefficient (Wildman–Crippen LogP) is 8.13. The van der Waals surface area contributed by atoms with Gasteiger partial charge in [-0.3, -0.25) is 14.6 Å². The molecule has 0 saturated carbocycles. The van der Waals surface area contributed by atoms with E-state index in [1.54, 1.807) is 66.1 Å². The number of benzene rings is 3. The molecule has 0 aliphatic carbocycles. The molecule has 5 heterocycles. The summed E-state index contributed by atoms with van der Waals surface area (Å²) in [6, 6.07) is 25.6. The van der Waals surface area contributed by atoms with Crippen molar-refractivity contribution in [3.63, 3.8) is 0 Å². The Balaban J connectivity index is 0.922. The maximum Gasteiger partial charge on any atom is 0.254 e. The number of rotatable bonds is 13. The van der Waals surface area contributed by atoms with Gasteiger partial charge in [-0.15, -0.1) is 0 Å². The van der Waals surface area contributed by atoms with E-state index >= 15 is 0 Å². The highest BCUT2D eigenvalue weighted by Crippen LogP contribution is 2.29. The Morgan fingerprint density at radius 3 is 1.84 bits per heavy atom. The summed E-state index contributed by atoms with van der Waals surface area (Å²) in [6.45, 7) is 8.64. The molecule has 2 aliphatic rings. The largest absolute Gasteiger partial charge is 0.475 e. The molecule has 6 aromatic rings. The Hall–Kier alpha value is -6.69. The molecule has 2 atom stereocenters. The fourth-order valence-electron chi connectivity index (χ4n) is 8.16. The first-order chi connectivity index (χ1) is 29.6. The number of pyridine rings is 3. The van der Waals surface area contributed by atoms with Crippen molar-refractivity contribution >= 4 is 17.5 Å². The van der Waals surface area contributed by atoms with Crippen LogP contribution < -0.4 is 14.4 Å². The van der Waals surface area contributed by atoms with E-state index in [-0.39, 0.29) is 48.7 Å². The smallest absolute Gasteiger partial charge is 0.254 e. The molecule has 2 aliphatic heterocycles. The van der Waals surface area contributed by atoms with Crippen LogP contribution in [-0.4, -0.2) is 75.0 Å². The van der Waals surface area contributed by atoms with Gasteiger partial charge in [-0.25, -0.2) is 18.7 Å². The third-order valence-electron chi connectivity index (χ3n) is 11.7. The molecule has 12 heteroatoms. The van der Waals surface area contributed by atoms with E-state index in [9.17, 15) is 18.4 Å². The lowest BCUT2D eigenvalue weighted by atomic mass is 9.93. The van der Waals surface area contributed by atoms with Gasteiger partial charge in [0.25, 0.3) is 11.8 Å². The van der Waals surface area contributed by atoms with E-state index in [2.05, 4.69) is 26.8 Å². The van der Waals surface area contributed by atoms with Crippen molar-refractivity contribution in [2.75, 3.05) is 31.2 Å². The maximum atomic E-state index is 14.2. The predicted molar refractivity (Wildman–Crippen MR) is 229 cm³/mol. The molecule has 0 N–H and O–H groups in total. The molecule has 8 rings (SSSR count). The summed E-state index contributed by atoms with van der Waals surface area (Å²) >= 11 is 0. The molecule has 0 spiro atoms. The lowest BCUT2D eigenvalue weighted by Crippen LogP contribution is -2.47. The molecule has 2 amide bonds. The fraction of sp³-hybridized carbons (Fsp3) is 0.286. The van der Waals surface area contributed by atoms with Crippen LogP contribution in [0.25, 0.3) is 0 Å². The van der Waals surface area contributed by atoms with Crippen LogP contribution in [0.2, 0.25) is 0 Å². The lowest BCUT2D eigenvalue weighted by Gasteiger charge is -2.37. The highest BCUT2D eigenvalue weighted by Gasteiger charge is 2.33. The number of ether oxygens (including phenoxy) is 2. The molecule has 0 saturated heterocycles. The zero-order valence-corrected chi connectivity index (χ0v) is 34.6. The van der Waals surface area contributed by atoms with Crippen molar-refractivity contribution < 1.29 is 27.8 Å². The number of aryl methyl sites for hydroxylation is 2. The highest BCUT2D eigenvalue weighted by molar-refractivity contribution is 5.95. The lowest BCUT2D eigenvalue weighted by molar-refractivity contribution is 0.0556. The van der Waals surface area contributed by atoms with Crippen molar-refractivity contribution in [1.82, 2.24) is 24.8 Å². The van der Waals surface area contributed by atoms with Crippen LogP contribution in [0.1, 0.15) is 66.6 Å². The number of carbonyl (C=O) groups excluding carboxylic acids is 2. The van der Waals surface area contributed by atoms with Gasteiger partial charge in [-0.2, -0.15) is 0 Å². The van der Waals surface area contributed by atoms with Crippen LogP contribution in [0.3, 0.4) is 0 Å². The number of hydrogen-bond donors (Lipinski definition) is 0. The Labute approximate surface area is 354 Å². The first-order valence-electron chi connectivity index (χ1n) is 20.7. The minimum Gasteiger partial charge on any atom is -0.475 e. The summed E-state index contributed by atoms with van der Waals surface area (Å²) in [5.74, 6) is 0.0669. The second-order valence-corrected chi connectivity index (χ2v) is 15.8. The normalized spacial score (nSPS) is 15.8. The van der Waals surface area contributed by atoms with E-state index < -0.39 is 0 Å². The zero-order chi connectivity index (χ0) is 42.5. The molecular weight excluding hydrogens is 775 g/mol. The second-order valence-electron chi connectivity index (χ2n) is 15.8. The maximum absolute atomic E-state index is 14.2. The number of anilines is 1. The summed E-state index contributed by atoms with van der Waals surface area (Å²) in [7, 11) is 0. The van der Waals surface area contributed by atoms with E-state index in [1.165, 1.54) is 12.1 Å². The Bertz CT molecular complexity index is 2500. The van der Waals surface area contributed by atoms with Crippen molar-refractivity contribution in [2.24, 2.45) is 0 Å². The number of halogens is 2. The minimum absolute atomic E-state index is 0.121. The first kappa shape index (κ1) is 41.1. The van der Waals surface area contributed by atoms with Crippen LogP contribution in [0.4, 0.5) is 14.5 Å². The van der Waals surface area contributed by atoms with Crippen molar-refractivity contribution in [3.8, 4) is 11.8 Å². The SMILES string of the molecule is CCN(CCc1cc(OC[C@@H]2Cc3cc(F)ccc3CN2C(=O)c2ccncc2)ncc1C)c1ccc(C(=O)N2Cc3ccc(F)cc3C[C@H]2COc2ccc(C)cn2)cc1. The molecule has 0 bridgehead atoms. The van der Waals surface area contributed by atoms with Gasteiger partial charge >= 0.3 is 0 Å². The number of hydrogen-bond acceptors (Lipinski definition) is 8. The van der Waals surface area contributed by atoms with E-state index in [4.69, 9.17) is 9.47 Å². The third-order valence-corrected chi connectivity index (χ3v) is 11.7. The van der Waals surface area contributed by atoms with Gasteiger partial charge in [0.15, 0.2) is 0 Å². The van der Waals surface area contributed by atoms with Gasteiger partial charge in [0, 0.05) is 79.9 Å². The standard InChI is InChI=1S/C49H48F2N6O4/c1-4-55(43-12-8-34(9-13-43)48(58)56-28-37-6-10-41(50)21-39(37)23-44(56)30-60-46-14-5-32(2)26-53-46)20-17-36-25-47(54-27-33(36)3)61-31-45-24-40-22-42(51)11-7-38(40)29-57(45)49(59)35-15-18-52-19-16-35/h5-16,18-19,21-22,25-27,44-45H,4,17,20,23-24,28-31H2,1-3H3/t44-,45-/m0/s1. The summed E-state index contributed by atoms with van der Waals surface area (Å²) in [4.78, 5) is 46.6. The molecule has 3 aromatic carbocycles. The summed E-state index contributed by atoms with van der Waals surface area (Å²) in [6.07, 6.45) is 8.37. The highest BCUT2D eigenvalue weighted by atomic mass is 19.1. The minimum atomic E-state index is -0.336. The van der Waals surface area contributed by atoms with Crippen LogP contribution in [0.15, 0.2) is 116 Å². The van der Waals surface area contributed by atoms with E-state index in [0.29, 0.717) is 61.8 Å². The molecule has 0 radical (unpaired) electrons. The Morgan fingerprint density at radius 1 is 0.689 bits per heavy atom. The van der Waals surface area contributed by atoms with Crippen LogP contribution >= 0.6 is 0 Å². The van der Waals surface area contributed by atoms with Gasteiger partial charge in [-0.05, 0) is 140 Å². The van der Waals surface area contributed by atoms with Gasteiger partial charge in [-0.1, -0.05) is 18.2 Å². The average Bonchev–Trinajstić information content (AvgIpc) is 3.28. The summed E-state index contributed by atoms with van der Waals surface area (Å²) < 4.78 is 40.8. The Morgan fingerprint density at radius 2 is 1.26 bits per heavy atom. The number of fused-ring (bicyclic) bond motifs is 2. The van der Waals surface area contributed by atoms with Gasteiger partial charge in [0.1, 0.15) is 24.8 Å². The Kier molecular flexibility index (Phi) is 12.3. The quantitative estimate of drug-likeness (QED) is 0.115. The monoisotopic (exact) mass is 822 g/mol. The first-order valence-corrected chi connectivity index (χ1v) is 20.7.